The molecule has 1 aromatic heterocycles. The highest BCUT2D eigenvalue weighted by atomic mass is 16.5. The van der Waals surface area contributed by atoms with Crippen molar-refractivity contribution in [3.63, 3.8) is 0 Å². The maximum atomic E-state index is 12.6. The number of hydrogen-bond donors (Lipinski definition) is 2. The van der Waals surface area contributed by atoms with Crippen molar-refractivity contribution in [3.05, 3.63) is 47.8 Å². The third kappa shape index (κ3) is 2.62. The Morgan fingerprint density at radius 3 is 3.00 bits per heavy atom. The van der Waals surface area contributed by atoms with Gasteiger partial charge in [0.2, 0.25) is 0 Å². The number of H-pyrrole nitrogens is 1. The Balaban J connectivity index is 1.93. The van der Waals surface area contributed by atoms with E-state index < -0.39 is 0 Å². The van der Waals surface area contributed by atoms with Crippen molar-refractivity contribution >= 4 is 5.91 Å². The summed E-state index contributed by atoms with van der Waals surface area (Å²) in [5.41, 5.74) is 1.52. The van der Waals surface area contributed by atoms with E-state index in [4.69, 9.17) is 4.74 Å². The lowest BCUT2D eigenvalue weighted by atomic mass is 10.0. The van der Waals surface area contributed by atoms with E-state index in [0.717, 1.165) is 17.9 Å². The first-order valence-corrected chi connectivity index (χ1v) is 6.95. The number of amides is 1. The second-order valence-corrected chi connectivity index (χ2v) is 4.93. The summed E-state index contributed by atoms with van der Waals surface area (Å²) in [7, 11) is 1.65. The van der Waals surface area contributed by atoms with Crippen molar-refractivity contribution in [1.29, 1.82) is 0 Å². The molecule has 1 aliphatic heterocycles. The summed E-state index contributed by atoms with van der Waals surface area (Å²) in [6.45, 7) is 2.15. The number of nitrogens with one attached hydrogen (secondary N) is 2. The summed E-state index contributed by atoms with van der Waals surface area (Å²) >= 11 is 0. The number of benzene rings is 1. The molecular weight excluding hydrogens is 268 g/mol. The first-order chi connectivity index (χ1) is 10.3. The van der Waals surface area contributed by atoms with E-state index in [1.54, 1.807) is 19.4 Å². The third-order valence-electron chi connectivity index (χ3n) is 3.73. The number of aromatic nitrogens is 2. The Hall–Kier alpha value is -2.34. The van der Waals surface area contributed by atoms with E-state index in [1.165, 1.54) is 0 Å². The van der Waals surface area contributed by atoms with E-state index in [0.29, 0.717) is 18.8 Å². The first-order valence-electron chi connectivity index (χ1n) is 6.95. The van der Waals surface area contributed by atoms with Crippen LogP contribution in [0.25, 0.3) is 0 Å². The summed E-state index contributed by atoms with van der Waals surface area (Å²) in [5.74, 6) is 0.763. The van der Waals surface area contributed by atoms with Gasteiger partial charge in [0.25, 0.3) is 5.91 Å². The highest BCUT2D eigenvalue weighted by Gasteiger charge is 2.30. The second kappa shape index (κ2) is 5.97. The van der Waals surface area contributed by atoms with Crippen LogP contribution in [0, 0.1) is 0 Å². The number of carbonyl (C=O) groups is 1. The maximum Gasteiger partial charge on any atom is 0.272 e. The lowest BCUT2D eigenvalue weighted by Gasteiger charge is -2.36. The van der Waals surface area contributed by atoms with Gasteiger partial charge in [-0.05, 0) is 12.1 Å². The minimum atomic E-state index is -0.0503. The number of hydrogen-bond acceptors (Lipinski definition) is 4. The van der Waals surface area contributed by atoms with E-state index >= 15 is 0 Å². The van der Waals surface area contributed by atoms with Gasteiger partial charge >= 0.3 is 0 Å². The molecule has 1 fully saturated rings. The summed E-state index contributed by atoms with van der Waals surface area (Å²) in [5, 5.41) is 9.94. The Kier molecular flexibility index (Phi) is 3.87. The number of carbonyl (C=O) groups excluding carboxylic acids is 1. The Morgan fingerprint density at radius 1 is 1.38 bits per heavy atom. The largest absolute Gasteiger partial charge is 0.496 e. The van der Waals surface area contributed by atoms with Gasteiger partial charge in [-0.25, -0.2) is 0 Å². The third-order valence-corrected chi connectivity index (χ3v) is 3.73. The van der Waals surface area contributed by atoms with Crippen LogP contribution < -0.4 is 10.1 Å². The molecule has 2 heterocycles. The molecule has 1 aliphatic rings. The molecule has 2 N–H and O–H groups in total. The molecule has 0 spiro atoms. The molecule has 3 rings (SSSR count). The maximum absolute atomic E-state index is 12.6. The monoisotopic (exact) mass is 286 g/mol. The zero-order chi connectivity index (χ0) is 14.7. The number of methoxy groups -OCH3 is 1. The fourth-order valence-corrected chi connectivity index (χ4v) is 2.70. The van der Waals surface area contributed by atoms with Gasteiger partial charge in [-0.2, -0.15) is 5.10 Å². The molecule has 0 bridgehead atoms. The van der Waals surface area contributed by atoms with Gasteiger partial charge in [-0.1, -0.05) is 18.2 Å². The molecule has 6 heteroatoms. The Bertz CT molecular complexity index is 612. The molecule has 1 saturated heterocycles. The van der Waals surface area contributed by atoms with Crippen LogP contribution in [0.3, 0.4) is 0 Å². The van der Waals surface area contributed by atoms with Crippen molar-refractivity contribution in [1.82, 2.24) is 20.4 Å². The lowest BCUT2D eigenvalue weighted by Crippen LogP contribution is -2.48. The van der Waals surface area contributed by atoms with Gasteiger partial charge < -0.3 is 15.0 Å². The van der Waals surface area contributed by atoms with Gasteiger partial charge in [0.1, 0.15) is 11.4 Å². The summed E-state index contributed by atoms with van der Waals surface area (Å²) < 4.78 is 5.43. The Morgan fingerprint density at radius 2 is 2.24 bits per heavy atom. The number of nitrogens with zero attached hydrogens (tertiary/aromatic N) is 2. The van der Waals surface area contributed by atoms with Crippen LogP contribution in [0.2, 0.25) is 0 Å². The quantitative estimate of drug-likeness (QED) is 0.889. The molecule has 6 nitrogen and oxygen atoms in total. The van der Waals surface area contributed by atoms with Crippen molar-refractivity contribution in [2.45, 2.75) is 6.04 Å². The predicted octanol–water partition coefficient (Wildman–Crippen LogP) is 1.20. The molecule has 0 aliphatic carbocycles. The standard InChI is InChI=1S/C15H18N4O2/c1-21-14-5-3-2-4-11(14)13-10-16-8-9-19(13)15(20)12-6-7-17-18-12/h2-7,13,16H,8-10H2,1H3,(H,17,18). The van der Waals surface area contributed by atoms with Crippen LogP contribution in [0.1, 0.15) is 22.1 Å². The zero-order valence-electron chi connectivity index (χ0n) is 11.9. The minimum Gasteiger partial charge on any atom is -0.496 e. The van der Waals surface area contributed by atoms with Crippen LogP contribution >= 0.6 is 0 Å². The van der Waals surface area contributed by atoms with Crippen LogP contribution in [0.4, 0.5) is 0 Å². The smallest absolute Gasteiger partial charge is 0.272 e. The van der Waals surface area contributed by atoms with Gasteiger partial charge in [0, 0.05) is 31.4 Å². The number of aromatic amines is 1. The summed E-state index contributed by atoms with van der Waals surface area (Å²) in [6.07, 6.45) is 1.59. The normalized spacial score (nSPS) is 18.5. The number of ether oxygens (including phenoxy) is 1. The van der Waals surface area contributed by atoms with Crippen LogP contribution in [-0.4, -0.2) is 47.7 Å². The predicted molar refractivity (Wildman–Crippen MR) is 78.2 cm³/mol. The molecule has 110 valence electrons. The number of rotatable bonds is 3. The topological polar surface area (TPSA) is 70.2 Å². The van der Waals surface area contributed by atoms with Crippen LogP contribution in [0.5, 0.6) is 5.75 Å². The van der Waals surface area contributed by atoms with Crippen molar-refractivity contribution in [2.75, 3.05) is 26.7 Å². The highest BCUT2D eigenvalue weighted by Crippen LogP contribution is 2.30. The lowest BCUT2D eigenvalue weighted by molar-refractivity contribution is 0.0625. The SMILES string of the molecule is COc1ccccc1C1CNCCN1C(=O)c1ccn[nH]1. The summed E-state index contributed by atoms with van der Waals surface area (Å²) in [6, 6.07) is 9.46. The number of piperazine rings is 1. The van der Waals surface area contributed by atoms with Gasteiger partial charge in [0.15, 0.2) is 0 Å². The zero-order valence-corrected chi connectivity index (χ0v) is 11.9. The van der Waals surface area contributed by atoms with Gasteiger partial charge in [0.05, 0.1) is 13.2 Å². The fourth-order valence-electron chi connectivity index (χ4n) is 2.70. The first kappa shape index (κ1) is 13.6. The molecular formula is C15H18N4O2. The van der Waals surface area contributed by atoms with E-state index in [9.17, 15) is 4.79 Å². The molecule has 1 amide bonds. The second-order valence-electron chi connectivity index (χ2n) is 4.93. The molecule has 0 radical (unpaired) electrons. The minimum absolute atomic E-state index is 0.0371. The van der Waals surface area contributed by atoms with E-state index in [2.05, 4.69) is 15.5 Å². The van der Waals surface area contributed by atoms with Crippen molar-refractivity contribution in [2.24, 2.45) is 0 Å². The van der Waals surface area contributed by atoms with E-state index in [-0.39, 0.29) is 11.9 Å². The average Bonchev–Trinajstić information content (AvgIpc) is 3.08. The summed E-state index contributed by atoms with van der Waals surface area (Å²) in [4.78, 5) is 14.5. The highest BCUT2D eigenvalue weighted by molar-refractivity contribution is 5.92. The molecule has 21 heavy (non-hydrogen) atoms. The van der Waals surface area contributed by atoms with Gasteiger partial charge in [-0.3, -0.25) is 9.89 Å². The molecule has 1 unspecified atom stereocenters. The van der Waals surface area contributed by atoms with Crippen LogP contribution in [-0.2, 0) is 0 Å². The molecule has 1 atom stereocenters. The average molecular weight is 286 g/mol. The van der Waals surface area contributed by atoms with E-state index in [1.807, 2.05) is 29.2 Å². The number of para-hydroxylation sites is 1. The molecule has 0 saturated carbocycles. The van der Waals surface area contributed by atoms with Gasteiger partial charge in [-0.15, -0.1) is 0 Å². The van der Waals surface area contributed by atoms with Crippen molar-refractivity contribution in [3.8, 4) is 5.75 Å². The molecule has 2 aromatic rings. The fraction of sp³-hybridized carbons (Fsp3) is 0.333. The van der Waals surface area contributed by atoms with Crippen molar-refractivity contribution < 1.29 is 9.53 Å². The molecule has 1 aromatic carbocycles. The van der Waals surface area contributed by atoms with Crippen LogP contribution in [0.15, 0.2) is 36.5 Å². The Labute approximate surface area is 123 Å².